The maximum atomic E-state index is 12.4. The van der Waals surface area contributed by atoms with E-state index in [1.54, 1.807) is 6.07 Å². The number of fused-ring (bicyclic) bond motifs is 1. The van der Waals surface area contributed by atoms with Crippen molar-refractivity contribution >= 4 is 10.9 Å². The molecule has 0 atom stereocenters. The van der Waals surface area contributed by atoms with Crippen molar-refractivity contribution in [1.29, 1.82) is 0 Å². The molecule has 2 N–H and O–H groups in total. The molecule has 0 radical (unpaired) electrons. The maximum absolute atomic E-state index is 12.4. The second-order valence-electron chi connectivity index (χ2n) is 7.41. The summed E-state index contributed by atoms with van der Waals surface area (Å²) in [5.41, 5.74) is 3.09. The number of piperidine rings is 1. The molecule has 1 aliphatic rings. The van der Waals surface area contributed by atoms with Crippen molar-refractivity contribution in [2.24, 2.45) is 5.92 Å². The van der Waals surface area contributed by atoms with Crippen LogP contribution in [0.2, 0.25) is 0 Å². The first-order chi connectivity index (χ1) is 12.0. The average Bonchev–Trinajstić information content (AvgIpc) is 2.57. The summed E-state index contributed by atoms with van der Waals surface area (Å²) >= 11 is 0. The van der Waals surface area contributed by atoms with Crippen LogP contribution >= 0.6 is 0 Å². The van der Waals surface area contributed by atoms with Crippen LogP contribution in [0.15, 0.2) is 29.1 Å². The van der Waals surface area contributed by atoms with Crippen LogP contribution in [0.4, 0.5) is 0 Å². The highest BCUT2D eigenvalue weighted by atomic mass is 16.3. The van der Waals surface area contributed by atoms with Crippen molar-refractivity contribution < 1.29 is 5.11 Å². The van der Waals surface area contributed by atoms with Gasteiger partial charge >= 0.3 is 0 Å². The molecule has 1 saturated heterocycles. The van der Waals surface area contributed by atoms with Gasteiger partial charge in [-0.1, -0.05) is 11.6 Å². The van der Waals surface area contributed by atoms with Crippen molar-refractivity contribution in [3.8, 4) is 0 Å². The Morgan fingerprint density at radius 3 is 2.76 bits per heavy atom. The van der Waals surface area contributed by atoms with Crippen LogP contribution < -0.4 is 5.43 Å². The van der Waals surface area contributed by atoms with Gasteiger partial charge in [-0.25, -0.2) is 0 Å². The number of rotatable bonds is 6. The average molecular weight is 343 g/mol. The maximum Gasteiger partial charge on any atom is 0.189 e. The Hall–Kier alpha value is -1.69. The molecule has 3 rings (SSSR count). The zero-order chi connectivity index (χ0) is 17.8. The number of aliphatic hydroxyl groups excluding tert-OH is 1. The van der Waals surface area contributed by atoms with Crippen LogP contribution in [0.25, 0.3) is 10.9 Å². The third-order valence-corrected chi connectivity index (χ3v) is 5.17. The van der Waals surface area contributed by atoms with E-state index in [1.807, 2.05) is 25.1 Å². The van der Waals surface area contributed by atoms with Gasteiger partial charge in [-0.2, -0.15) is 0 Å². The van der Waals surface area contributed by atoms with E-state index in [-0.39, 0.29) is 12.0 Å². The number of hydrogen-bond donors (Lipinski definition) is 2. The molecule has 0 aliphatic carbocycles. The summed E-state index contributed by atoms with van der Waals surface area (Å²) in [5, 5.41) is 9.79. The molecular weight excluding hydrogens is 314 g/mol. The number of aromatic nitrogens is 1. The predicted octanol–water partition coefficient (Wildman–Crippen LogP) is 1.97. The van der Waals surface area contributed by atoms with E-state index in [1.165, 1.54) is 12.8 Å². The number of H-pyrrole nitrogens is 1. The molecule has 5 heteroatoms. The van der Waals surface area contributed by atoms with Gasteiger partial charge in [0.25, 0.3) is 0 Å². The second kappa shape index (κ2) is 8.13. The predicted molar refractivity (Wildman–Crippen MR) is 102 cm³/mol. The largest absolute Gasteiger partial charge is 0.395 e. The number of nitrogens with one attached hydrogen (secondary N) is 1. The summed E-state index contributed by atoms with van der Waals surface area (Å²) in [7, 11) is 2.12. The van der Waals surface area contributed by atoms with Gasteiger partial charge in [0.15, 0.2) is 5.43 Å². The lowest BCUT2D eigenvalue weighted by atomic mass is 9.96. The molecule has 1 aromatic heterocycles. The summed E-state index contributed by atoms with van der Waals surface area (Å²) in [6, 6.07) is 7.71. The van der Waals surface area contributed by atoms with Gasteiger partial charge in [0.05, 0.1) is 6.61 Å². The SMILES string of the molecule is Cc1ccc2[nH]c(CN(C)CC3CCN(CCO)CC3)cc(=O)c2c1. The van der Waals surface area contributed by atoms with E-state index < -0.39 is 0 Å². The van der Waals surface area contributed by atoms with Gasteiger partial charge in [-0.05, 0) is 58.0 Å². The lowest BCUT2D eigenvalue weighted by Crippen LogP contribution is -2.39. The number of nitrogens with zero attached hydrogens (tertiary/aromatic N) is 2. The van der Waals surface area contributed by atoms with Gasteiger partial charge in [0, 0.05) is 42.3 Å². The molecule has 136 valence electrons. The zero-order valence-corrected chi connectivity index (χ0v) is 15.3. The van der Waals surface area contributed by atoms with Crippen molar-refractivity contribution in [2.45, 2.75) is 26.3 Å². The van der Waals surface area contributed by atoms with Gasteiger partial charge in [0.1, 0.15) is 0 Å². The Balaban J connectivity index is 1.60. The number of benzene rings is 1. The molecule has 0 bridgehead atoms. The van der Waals surface area contributed by atoms with Crippen LogP contribution in [0.3, 0.4) is 0 Å². The number of aromatic amines is 1. The fourth-order valence-electron chi connectivity index (χ4n) is 3.83. The highest BCUT2D eigenvalue weighted by Gasteiger charge is 2.20. The Labute approximate surface area is 149 Å². The molecule has 5 nitrogen and oxygen atoms in total. The fourth-order valence-corrected chi connectivity index (χ4v) is 3.83. The zero-order valence-electron chi connectivity index (χ0n) is 15.3. The number of likely N-dealkylation sites (tertiary alicyclic amines) is 1. The highest BCUT2D eigenvalue weighted by Crippen LogP contribution is 2.18. The number of hydrogen-bond acceptors (Lipinski definition) is 4. The van der Waals surface area contributed by atoms with Gasteiger partial charge in [-0.3, -0.25) is 4.79 Å². The van der Waals surface area contributed by atoms with Crippen LogP contribution in [-0.2, 0) is 6.54 Å². The smallest absolute Gasteiger partial charge is 0.189 e. The Morgan fingerprint density at radius 2 is 2.04 bits per heavy atom. The van der Waals surface area contributed by atoms with Crippen molar-refractivity contribution in [3.63, 3.8) is 0 Å². The third kappa shape index (κ3) is 4.69. The third-order valence-electron chi connectivity index (χ3n) is 5.17. The van der Waals surface area contributed by atoms with E-state index in [2.05, 4.69) is 21.8 Å². The van der Waals surface area contributed by atoms with E-state index in [0.29, 0.717) is 5.92 Å². The first kappa shape index (κ1) is 18.1. The summed E-state index contributed by atoms with van der Waals surface area (Å²) in [6.45, 7) is 7.00. The summed E-state index contributed by atoms with van der Waals surface area (Å²) in [5.74, 6) is 0.690. The number of aryl methyl sites for hydroxylation is 1. The van der Waals surface area contributed by atoms with Crippen LogP contribution in [0.5, 0.6) is 0 Å². The van der Waals surface area contributed by atoms with E-state index in [9.17, 15) is 4.79 Å². The number of aliphatic hydroxyl groups is 1. The number of pyridine rings is 1. The van der Waals surface area contributed by atoms with Crippen LogP contribution in [0, 0.1) is 12.8 Å². The van der Waals surface area contributed by atoms with Gasteiger partial charge < -0.3 is 19.9 Å². The summed E-state index contributed by atoms with van der Waals surface area (Å²) < 4.78 is 0. The molecular formula is C20H29N3O2. The van der Waals surface area contributed by atoms with Gasteiger partial charge in [-0.15, -0.1) is 0 Å². The summed E-state index contributed by atoms with van der Waals surface area (Å²) in [6.07, 6.45) is 2.36. The molecule has 0 amide bonds. The number of β-amino-alcohol motifs (C(OH)–C–C–N with tert-alkyl or cyclic N) is 1. The fraction of sp³-hybridized carbons (Fsp3) is 0.550. The monoisotopic (exact) mass is 343 g/mol. The molecule has 0 saturated carbocycles. The minimum Gasteiger partial charge on any atom is -0.395 e. The molecule has 25 heavy (non-hydrogen) atoms. The molecule has 2 aromatic rings. The quantitative estimate of drug-likeness (QED) is 0.842. The second-order valence-corrected chi connectivity index (χ2v) is 7.41. The molecule has 1 fully saturated rings. The standard InChI is InChI=1S/C20H29N3O2/c1-15-3-4-19-18(11-15)20(25)12-17(21-19)14-22(2)13-16-5-7-23(8-6-16)9-10-24/h3-4,11-12,16,24H,5-10,13-14H2,1-2H3,(H,21,25). The topological polar surface area (TPSA) is 59.6 Å². The van der Waals surface area contributed by atoms with Crippen molar-refractivity contribution in [1.82, 2.24) is 14.8 Å². The van der Waals surface area contributed by atoms with E-state index >= 15 is 0 Å². The van der Waals surface area contributed by atoms with Crippen LogP contribution in [-0.4, -0.2) is 59.7 Å². The Kier molecular flexibility index (Phi) is 5.89. The molecule has 1 aromatic carbocycles. The Morgan fingerprint density at radius 1 is 1.28 bits per heavy atom. The lowest BCUT2D eigenvalue weighted by Gasteiger charge is -2.33. The molecule has 0 unspecified atom stereocenters. The minimum atomic E-state index is 0.0955. The Bertz CT molecular complexity index is 763. The van der Waals surface area contributed by atoms with Crippen LogP contribution in [0.1, 0.15) is 24.1 Å². The molecule has 2 heterocycles. The van der Waals surface area contributed by atoms with Crippen molar-refractivity contribution in [2.75, 3.05) is 39.8 Å². The summed E-state index contributed by atoms with van der Waals surface area (Å²) in [4.78, 5) is 20.4. The first-order valence-corrected chi connectivity index (χ1v) is 9.19. The highest BCUT2D eigenvalue weighted by molar-refractivity contribution is 5.79. The lowest BCUT2D eigenvalue weighted by molar-refractivity contribution is 0.129. The minimum absolute atomic E-state index is 0.0955. The van der Waals surface area contributed by atoms with Gasteiger partial charge in [0.2, 0.25) is 0 Å². The van der Waals surface area contributed by atoms with E-state index in [4.69, 9.17) is 5.11 Å². The van der Waals surface area contributed by atoms with Crippen molar-refractivity contribution in [3.05, 3.63) is 45.7 Å². The normalized spacial score (nSPS) is 16.8. The molecule has 1 aliphatic heterocycles. The van der Waals surface area contributed by atoms with E-state index in [0.717, 1.165) is 54.9 Å². The first-order valence-electron chi connectivity index (χ1n) is 9.19. The molecule has 0 spiro atoms.